The molecule has 0 aromatic carbocycles. The Morgan fingerprint density at radius 1 is 1.00 bits per heavy atom. The number of urea groups is 1. The highest BCUT2D eigenvalue weighted by Gasteiger charge is 2.41. The van der Waals surface area contributed by atoms with Gasteiger partial charge in [-0.15, -0.1) is 0 Å². The standard InChI is InChI=1S/C22H42N4O3S.C3H8.C2H6/c1-10-25(30-9)14-17(21(3,4)5)23-20(29)24-18(22(6,7)8)19(28)26-13-11-12-16(26)15(2)27;1-3-2;1-2/h16-18H,10-14H2,1-9H3,(H2,23,24,29);3H2,1-2H3;1-2H3. The van der Waals surface area contributed by atoms with Crippen LogP contribution in [0.3, 0.4) is 0 Å². The van der Waals surface area contributed by atoms with Crippen molar-refractivity contribution >= 4 is 29.7 Å². The zero-order valence-electron chi connectivity index (χ0n) is 25.0. The first-order valence-electron chi connectivity index (χ1n) is 13.3. The van der Waals surface area contributed by atoms with Gasteiger partial charge in [-0.1, -0.05) is 94.5 Å². The fourth-order valence-corrected chi connectivity index (χ4v) is 4.23. The van der Waals surface area contributed by atoms with Gasteiger partial charge in [0.15, 0.2) is 5.78 Å². The van der Waals surface area contributed by atoms with Gasteiger partial charge in [0, 0.05) is 25.7 Å². The number of rotatable bonds is 8. The quantitative estimate of drug-likeness (QED) is 0.402. The van der Waals surface area contributed by atoms with E-state index in [2.05, 4.69) is 56.5 Å². The van der Waals surface area contributed by atoms with Gasteiger partial charge in [-0.25, -0.2) is 9.10 Å². The van der Waals surface area contributed by atoms with Gasteiger partial charge in [0.1, 0.15) is 6.04 Å². The molecule has 3 atom stereocenters. The predicted octanol–water partition coefficient (Wildman–Crippen LogP) is 5.74. The monoisotopic (exact) mass is 516 g/mol. The fraction of sp³-hybridized carbons (Fsp3) is 0.889. The number of nitrogens with zero attached hydrogens (tertiary/aromatic N) is 2. The number of hydrogen-bond donors (Lipinski definition) is 2. The Morgan fingerprint density at radius 3 is 1.89 bits per heavy atom. The number of ketones is 1. The molecular weight excluding hydrogens is 460 g/mol. The van der Waals surface area contributed by atoms with E-state index in [0.717, 1.165) is 13.0 Å². The third-order valence-corrected chi connectivity index (χ3v) is 6.67. The third-order valence-electron chi connectivity index (χ3n) is 5.74. The number of amides is 3. The molecule has 0 aliphatic carbocycles. The Labute approximate surface area is 221 Å². The summed E-state index contributed by atoms with van der Waals surface area (Å²) in [6, 6.07) is -1.52. The Morgan fingerprint density at radius 2 is 1.51 bits per heavy atom. The molecule has 8 heteroatoms. The van der Waals surface area contributed by atoms with E-state index in [0.29, 0.717) is 19.5 Å². The molecule has 0 aromatic rings. The van der Waals surface area contributed by atoms with Crippen molar-refractivity contribution in [3.8, 4) is 0 Å². The van der Waals surface area contributed by atoms with Crippen LogP contribution in [0.1, 0.15) is 102 Å². The summed E-state index contributed by atoms with van der Waals surface area (Å²) in [7, 11) is 0. The molecule has 1 fully saturated rings. The molecule has 0 aromatic heterocycles. The highest BCUT2D eigenvalue weighted by Crippen LogP contribution is 2.26. The molecule has 1 saturated heterocycles. The third kappa shape index (κ3) is 13.0. The number of nitrogens with one attached hydrogen (secondary N) is 2. The number of Topliss-reactive ketones (excluding diaryl/α,β-unsaturated/α-hetero) is 1. The summed E-state index contributed by atoms with van der Waals surface area (Å²) in [5.74, 6) is -0.176. The lowest BCUT2D eigenvalue weighted by molar-refractivity contribution is -0.140. The SMILES string of the molecule is CC.CCC.CCN(CC(NC(=O)NC(C(=O)N1CCCC1C(C)=O)C(C)(C)C)C(C)(C)C)SC. The van der Waals surface area contributed by atoms with E-state index in [1.807, 2.05) is 40.9 Å². The zero-order chi connectivity index (χ0) is 28.0. The lowest BCUT2D eigenvalue weighted by Gasteiger charge is -2.38. The second-order valence-electron chi connectivity index (χ2n) is 11.0. The van der Waals surface area contributed by atoms with Crippen molar-refractivity contribution in [1.29, 1.82) is 0 Å². The van der Waals surface area contributed by atoms with Gasteiger partial charge in [-0.2, -0.15) is 0 Å². The van der Waals surface area contributed by atoms with Gasteiger partial charge in [-0.3, -0.25) is 9.59 Å². The van der Waals surface area contributed by atoms with Crippen LogP contribution in [-0.4, -0.2) is 70.9 Å². The van der Waals surface area contributed by atoms with Crippen LogP contribution in [0.5, 0.6) is 0 Å². The first-order chi connectivity index (χ1) is 16.1. The van der Waals surface area contributed by atoms with Crippen LogP contribution in [0.4, 0.5) is 4.79 Å². The molecule has 3 amide bonds. The molecule has 1 aliphatic heterocycles. The summed E-state index contributed by atoms with van der Waals surface area (Å²) in [6.45, 7) is 26.1. The van der Waals surface area contributed by atoms with Crippen LogP contribution in [0.25, 0.3) is 0 Å². The summed E-state index contributed by atoms with van der Waals surface area (Å²) in [5, 5.41) is 6.02. The number of hydrogen-bond acceptors (Lipinski definition) is 5. The molecule has 208 valence electrons. The maximum Gasteiger partial charge on any atom is 0.315 e. The maximum atomic E-state index is 13.3. The van der Waals surface area contributed by atoms with Crippen molar-refractivity contribution in [3.05, 3.63) is 0 Å². The van der Waals surface area contributed by atoms with E-state index in [1.165, 1.54) is 13.3 Å². The van der Waals surface area contributed by atoms with Gasteiger partial charge < -0.3 is 15.5 Å². The van der Waals surface area contributed by atoms with Crippen LogP contribution in [0.15, 0.2) is 0 Å². The number of likely N-dealkylation sites (tertiary alicyclic amines) is 1. The van der Waals surface area contributed by atoms with Gasteiger partial charge >= 0.3 is 6.03 Å². The fourth-order valence-electron chi connectivity index (χ4n) is 3.67. The minimum absolute atomic E-state index is 0.00230. The molecule has 1 rings (SSSR count). The molecular formula is C27H56N4O3S. The van der Waals surface area contributed by atoms with E-state index < -0.39 is 11.5 Å². The first-order valence-corrected chi connectivity index (χ1v) is 14.5. The van der Waals surface area contributed by atoms with Gasteiger partial charge in [0.05, 0.1) is 6.04 Å². The van der Waals surface area contributed by atoms with Crippen LogP contribution >= 0.6 is 11.9 Å². The maximum absolute atomic E-state index is 13.3. The van der Waals surface area contributed by atoms with E-state index in [4.69, 9.17) is 0 Å². The smallest absolute Gasteiger partial charge is 0.315 e. The number of likely N-dealkylation sites (N-methyl/N-ethyl adjacent to an activating group) is 1. The molecule has 0 bridgehead atoms. The van der Waals surface area contributed by atoms with E-state index >= 15 is 0 Å². The van der Waals surface area contributed by atoms with Crippen molar-refractivity contribution in [1.82, 2.24) is 19.8 Å². The zero-order valence-corrected chi connectivity index (χ0v) is 25.8. The van der Waals surface area contributed by atoms with Crippen molar-refractivity contribution in [2.45, 2.75) is 120 Å². The molecule has 2 N–H and O–H groups in total. The average molecular weight is 517 g/mol. The molecule has 0 radical (unpaired) electrons. The largest absolute Gasteiger partial charge is 0.334 e. The summed E-state index contributed by atoms with van der Waals surface area (Å²) < 4.78 is 2.20. The summed E-state index contributed by atoms with van der Waals surface area (Å²) in [5.41, 5.74) is -0.624. The second-order valence-corrected chi connectivity index (χ2v) is 11.9. The number of carbonyl (C=O) groups excluding carboxylic acids is 3. The molecule has 7 nitrogen and oxygen atoms in total. The highest BCUT2D eigenvalue weighted by atomic mass is 32.2. The Balaban J connectivity index is 0. The van der Waals surface area contributed by atoms with Crippen molar-refractivity contribution in [2.75, 3.05) is 25.9 Å². The van der Waals surface area contributed by atoms with E-state index in [-0.39, 0.29) is 35.2 Å². The van der Waals surface area contributed by atoms with Crippen LogP contribution in [0.2, 0.25) is 0 Å². The Hall–Kier alpha value is -1.28. The molecule has 1 heterocycles. The lowest BCUT2D eigenvalue weighted by Crippen LogP contribution is -2.60. The van der Waals surface area contributed by atoms with Crippen molar-refractivity contribution in [3.63, 3.8) is 0 Å². The molecule has 0 saturated carbocycles. The first kappa shape index (κ1) is 35.9. The lowest BCUT2D eigenvalue weighted by atomic mass is 9.85. The highest BCUT2D eigenvalue weighted by molar-refractivity contribution is 7.96. The summed E-state index contributed by atoms with van der Waals surface area (Å²) in [6.07, 6.45) is 4.78. The number of carbonyl (C=O) groups is 3. The van der Waals surface area contributed by atoms with Crippen LogP contribution in [-0.2, 0) is 9.59 Å². The molecule has 35 heavy (non-hydrogen) atoms. The predicted molar refractivity (Wildman–Crippen MR) is 152 cm³/mol. The Bertz CT molecular complexity index is 625. The topological polar surface area (TPSA) is 81.8 Å². The second kappa shape index (κ2) is 17.2. The Kier molecular flexibility index (Phi) is 17.7. The van der Waals surface area contributed by atoms with E-state index in [9.17, 15) is 14.4 Å². The van der Waals surface area contributed by atoms with Gasteiger partial charge in [0.25, 0.3) is 0 Å². The molecule has 0 spiro atoms. The van der Waals surface area contributed by atoms with Gasteiger partial charge in [0.2, 0.25) is 5.91 Å². The summed E-state index contributed by atoms with van der Waals surface area (Å²) in [4.78, 5) is 39.9. The normalized spacial score (nSPS) is 17.4. The van der Waals surface area contributed by atoms with Crippen molar-refractivity contribution < 1.29 is 14.4 Å². The van der Waals surface area contributed by atoms with E-state index in [1.54, 1.807) is 16.8 Å². The molecule has 3 unspecified atom stereocenters. The average Bonchev–Trinajstić information content (AvgIpc) is 3.25. The summed E-state index contributed by atoms with van der Waals surface area (Å²) >= 11 is 1.65. The van der Waals surface area contributed by atoms with Crippen LogP contribution < -0.4 is 10.6 Å². The minimum Gasteiger partial charge on any atom is -0.334 e. The van der Waals surface area contributed by atoms with Crippen molar-refractivity contribution in [2.24, 2.45) is 10.8 Å². The minimum atomic E-state index is -0.708. The molecule has 1 aliphatic rings. The van der Waals surface area contributed by atoms with Gasteiger partial charge in [-0.05, 0) is 36.9 Å². The van der Waals surface area contributed by atoms with Crippen LogP contribution in [0, 0.1) is 10.8 Å².